The van der Waals surface area contributed by atoms with Gasteiger partial charge < -0.3 is 29.1 Å². The Bertz CT molecular complexity index is 1250. The van der Waals surface area contributed by atoms with Crippen LogP contribution in [0.1, 0.15) is 58.4 Å². The number of aliphatic hydroxyl groups is 1. The highest BCUT2D eigenvalue weighted by Gasteiger charge is 2.33. The zero-order valence-electron chi connectivity index (χ0n) is 22.0. The summed E-state index contributed by atoms with van der Waals surface area (Å²) < 4.78 is 17.5. The van der Waals surface area contributed by atoms with E-state index in [1.165, 1.54) is 0 Å². The van der Waals surface area contributed by atoms with Gasteiger partial charge in [0.15, 0.2) is 11.5 Å². The molecule has 1 N–H and O–H groups in total. The Morgan fingerprint density at radius 3 is 1.97 bits per heavy atom. The van der Waals surface area contributed by atoms with Crippen molar-refractivity contribution < 1.29 is 28.9 Å². The number of hydrogen-bond acceptors (Lipinski definition) is 8. The Morgan fingerprint density at radius 2 is 1.38 bits per heavy atom. The number of amides is 2. The molecule has 6 rings (SSSR count). The molecular weight excluding hydrogens is 500 g/mol. The van der Waals surface area contributed by atoms with Crippen LogP contribution in [0.2, 0.25) is 0 Å². The number of fused-ring (bicyclic) bond motifs is 4. The molecule has 0 spiro atoms. The van der Waals surface area contributed by atoms with Crippen LogP contribution in [0.3, 0.4) is 0 Å². The van der Waals surface area contributed by atoms with Gasteiger partial charge in [-0.25, -0.2) is 0 Å². The van der Waals surface area contributed by atoms with Crippen molar-refractivity contribution in [3.63, 3.8) is 0 Å². The number of nitrogens with zero attached hydrogens (tertiary/aromatic N) is 4. The number of carbonyl (C=O) groups excluding carboxylic acids is 2. The second kappa shape index (κ2) is 10.7. The molecule has 4 heterocycles. The standard InChI is InChI=1S/C29H32N4O6/c1-37-26-12-22-24(31-16-20-6-3-8-33(20)29(22)36)14-27(26)39-10-4-9-38-25-13-23-21(11-18(25)17-34)28(35)32-7-2-5-19(32)15-30-23/h11-16,19-20,34H,2-10,17H2,1H3/t19-,20-/m0/s1. The van der Waals surface area contributed by atoms with Crippen LogP contribution in [0.15, 0.2) is 34.3 Å². The predicted octanol–water partition coefficient (Wildman–Crippen LogP) is 3.68. The van der Waals surface area contributed by atoms with Gasteiger partial charge in [-0.2, -0.15) is 0 Å². The third kappa shape index (κ3) is 4.73. The number of rotatable bonds is 8. The molecule has 39 heavy (non-hydrogen) atoms. The largest absolute Gasteiger partial charge is 0.493 e. The lowest BCUT2D eigenvalue weighted by atomic mass is 10.1. The molecule has 4 aliphatic heterocycles. The van der Waals surface area contributed by atoms with Crippen molar-refractivity contribution in [3.8, 4) is 17.2 Å². The molecule has 2 aromatic carbocycles. The van der Waals surface area contributed by atoms with Crippen molar-refractivity contribution >= 4 is 35.6 Å². The molecule has 0 radical (unpaired) electrons. The summed E-state index contributed by atoms with van der Waals surface area (Å²) in [5.74, 6) is 1.40. The molecule has 2 amide bonds. The molecule has 4 aliphatic rings. The Morgan fingerprint density at radius 1 is 0.821 bits per heavy atom. The number of benzene rings is 2. The first-order chi connectivity index (χ1) is 19.1. The van der Waals surface area contributed by atoms with Crippen LogP contribution in [0.4, 0.5) is 11.4 Å². The topological polar surface area (TPSA) is 113 Å². The quantitative estimate of drug-likeness (QED) is 0.519. The molecule has 0 aliphatic carbocycles. The van der Waals surface area contributed by atoms with E-state index in [1.54, 1.807) is 31.4 Å². The van der Waals surface area contributed by atoms with Gasteiger partial charge in [0.1, 0.15) is 5.75 Å². The molecule has 0 aromatic heterocycles. The Balaban J connectivity index is 1.11. The highest BCUT2D eigenvalue weighted by Crippen LogP contribution is 2.38. The average molecular weight is 533 g/mol. The second-order valence-corrected chi connectivity index (χ2v) is 10.2. The van der Waals surface area contributed by atoms with E-state index < -0.39 is 0 Å². The van der Waals surface area contributed by atoms with Crippen molar-refractivity contribution in [3.05, 3.63) is 41.0 Å². The molecular formula is C29H32N4O6. The average Bonchev–Trinajstić information content (AvgIpc) is 3.58. The van der Waals surface area contributed by atoms with Gasteiger partial charge in [0.05, 0.1) is 61.5 Å². The van der Waals surface area contributed by atoms with Crippen LogP contribution in [0, 0.1) is 0 Å². The minimum Gasteiger partial charge on any atom is -0.493 e. The molecule has 0 bridgehead atoms. The molecule has 2 fully saturated rings. The highest BCUT2D eigenvalue weighted by molar-refractivity contribution is 6.04. The minimum atomic E-state index is -0.247. The van der Waals surface area contributed by atoms with E-state index in [9.17, 15) is 14.7 Å². The lowest BCUT2D eigenvalue weighted by Crippen LogP contribution is -2.35. The Kier molecular flexibility index (Phi) is 6.95. The van der Waals surface area contributed by atoms with Crippen LogP contribution in [0.5, 0.6) is 17.2 Å². The summed E-state index contributed by atoms with van der Waals surface area (Å²) in [6.07, 6.45) is 8.02. The SMILES string of the molecule is COc1cc2c(cc1OCCCOc1cc3c(cc1CO)C(=O)N1CCC[C@H]1C=N3)N=C[C@@H]1CCCN1C2=O. The second-order valence-electron chi connectivity index (χ2n) is 10.2. The van der Waals surface area contributed by atoms with Crippen molar-refractivity contribution in [2.24, 2.45) is 9.98 Å². The van der Waals surface area contributed by atoms with Crippen molar-refractivity contribution in [2.45, 2.75) is 50.8 Å². The van der Waals surface area contributed by atoms with Crippen LogP contribution >= 0.6 is 0 Å². The molecule has 2 aromatic rings. The third-order valence-electron chi connectivity index (χ3n) is 7.79. The summed E-state index contributed by atoms with van der Waals surface area (Å²) in [5.41, 5.74) is 2.70. The molecule has 2 atom stereocenters. The zero-order valence-corrected chi connectivity index (χ0v) is 22.0. The minimum absolute atomic E-state index is 0.0231. The van der Waals surface area contributed by atoms with Gasteiger partial charge in [0.25, 0.3) is 11.8 Å². The summed E-state index contributed by atoms with van der Waals surface area (Å²) in [7, 11) is 1.55. The molecule has 2 saturated heterocycles. The summed E-state index contributed by atoms with van der Waals surface area (Å²) in [6, 6.07) is 6.94. The van der Waals surface area contributed by atoms with E-state index >= 15 is 0 Å². The van der Waals surface area contributed by atoms with Gasteiger partial charge in [-0.15, -0.1) is 0 Å². The lowest BCUT2D eigenvalue weighted by molar-refractivity contribution is 0.0766. The summed E-state index contributed by atoms with van der Waals surface area (Å²) in [6.45, 7) is 1.88. The first kappa shape index (κ1) is 25.4. The van der Waals surface area contributed by atoms with Gasteiger partial charge in [-0.05, 0) is 37.8 Å². The van der Waals surface area contributed by atoms with E-state index in [-0.39, 0.29) is 30.5 Å². The number of aliphatic imine (C=N–C) groups is 2. The van der Waals surface area contributed by atoms with Crippen molar-refractivity contribution in [2.75, 3.05) is 33.4 Å². The van der Waals surface area contributed by atoms with Gasteiger partial charge in [0, 0.05) is 49.6 Å². The van der Waals surface area contributed by atoms with E-state index in [0.717, 1.165) is 38.8 Å². The van der Waals surface area contributed by atoms with Gasteiger partial charge in [0.2, 0.25) is 0 Å². The number of hydrogen-bond donors (Lipinski definition) is 1. The fraction of sp³-hybridized carbons (Fsp3) is 0.448. The molecule has 0 unspecified atom stereocenters. The maximum atomic E-state index is 13.0. The number of ether oxygens (including phenoxy) is 3. The fourth-order valence-corrected chi connectivity index (χ4v) is 5.71. The van der Waals surface area contributed by atoms with E-state index in [4.69, 9.17) is 14.2 Å². The zero-order chi connectivity index (χ0) is 26.9. The van der Waals surface area contributed by atoms with Gasteiger partial charge in [-0.3, -0.25) is 19.6 Å². The first-order valence-corrected chi connectivity index (χ1v) is 13.5. The third-order valence-corrected chi connectivity index (χ3v) is 7.79. The molecule has 10 nitrogen and oxygen atoms in total. The summed E-state index contributed by atoms with van der Waals surface area (Å²) >= 11 is 0. The van der Waals surface area contributed by atoms with Crippen molar-refractivity contribution in [1.29, 1.82) is 0 Å². The van der Waals surface area contributed by atoms with Crippen LogP contribution < -0.4 is 14.2 Å². The maximum absolute atomic E-state index is 13.0. The van der Waals surface area contributed by atoms with E-state index in [2.05, 4.69) is 9.98 Å². The number of methoxy groups -OCH3 is 1. The van der Waals surface area contributed by atoms with Gasteiger partial charge >= 0.3 is 0 Å². The number of carbonyl (C=O) groups is 2. The van der Waals surface area contributed by atoms with E-state index in [1.807, 2.05) is 22.2 Å². The monoisotopic (exact) mass is 532 g/mol. The maximum Gasteiger partial charge on any atom is 0.256 e. The summed E-state index contributed by atoms with van der Waals surface area (Å²) in [5, 5.41) is 9.94. The molecule has 204 valence electrons. The lowest BCUT2D eigenvalue weighted by Gasteiger charge is -2.20. The van der Waals surface area contributed by atoms with Crippen molar-refractivity contribution in [1.82, 2.24) is 9.80 Å². The number of aliphatic hydroxyl groups excluding tert-OH is 1. The van der Waals surface area contributed by atoms with Gasteiger partial charge in [-0.1, -0.05) is 0 Å². The molecule has 10 heteroatoms. The molecule has 0 saturated carbocycles. The Labute approximate surface area is 226 Å². The van der Waals surface area contributed by atoms with E-state index in [0.29, 0.717) is 64.9 Å². The van der Waals surface area contributed by atoms with Crippen LogP contribution in [-0.4, -0.2) is 84.6 Å². The normalized spacial score (nSPS) is 21.2. The van der Waals surface area contributed by atoms with Crippen LogP contribution in [0.25, 0.3) is 0 Å². The first-order valence-electron chi connectivity index (χ1n) is 13.5. The highest BCUT2D eigenvalue weighted by atomic mass is 16.5. The van der Waals surface area contributed by atoms with Crippen LogP contribution in [-0.2, 0) is 6.61 Å². The Hall–Kier alpha value is -3.92. The fourth-order valence-electron chi connectivity index (χ4n) is 5.71. The predicted molar refractivity (Wildman–Crippen MR) is 145 cm³/mol. The smallest absolute Gasteiger partial charge is 0.256 e. The summed E-state index contributed by atoms with van der Waals surface area (Å²) in [4.78, 5) is 38.9.